The first-order valence-electron chi connectivity index (χ1n) is 5.90. The molecule has 2 heterocycles. The van der Waals surface area contributed by atoms with Crippen LogP contribution in [-0.2, 0) is 4.79 Å². The Bertz CT molecular complexity index is 819. The van der Waals surface area contributed by atoms with E-state index in [2.05, 4.69) is 25.8 Å². The Hall–Kier alpha value is -2.46. The Balaban J connectivity index is 2.09. The van der Waals surface area contributed by atoms with E-state index < -0.39 is 0 Å². The molecule has 0 atom stereocenters. The Kier molecular flexibility index (Phi) is 3.54. The summed E-state index contributed by atoms with van der Waals surface area (Å²) in [5.74, 6) is 5.94. The molecule has 0 aliphatic rings. The zero-order valence-electron chi connectivity index (χ0n) is 11.0. The third kappa shape index (κ3) is 2.45. The normalized spacial score (nSPS) is 11.0. The van der Waals surface area contributed by atoms with E-state index in [1.165, 1.54) is 11.8 Å². The number of thioether (sulfide) groups is 1. The third-order valence-corrected chi connectivity index (χ3v) is 3.71. The average Bonchev–Trinajstić information content (AvgIpc) is 2.95. The van der Waals surface area contributed by atoms with E-state index in [0.29, 0.717) is 22.2 Å². The van der Waals surface area contributed by atoms with Gasteiger partial charge < -0.3 is 4.74 Å². The lowest BCUT2D eigenvalue weighted by Gasteiger charge is -2.04. The monoisotopic (exact) mass is 305 g/mol. The van der Waals surface area contributed by atoms with E-state index >= 15 is 0 Å². The number of methoxy groups -OCH3 is 1. The van der Waals surface area contributed by atoms with Crippen molar-refractivity contribution in [2.45, 2.75) is 5.16 Å². The number of nitrogens with two attached hydrogens (primary N) is 1. The second-order valence-electron chi connectivity index (χ2n) is 4.03. The van der Waals surface area contributed by atoms with Crippen LogP contribution in [0.15, 0.2) is 23.4 Å². The second kappa shape index (κ2) is 5.50. The van der Waals surface area contributed by atoms with E-state index in [4.69, 9.17) is 10.6 Å². The minimum Gasteiger partial charge on any atom is -0.497 e. The molecule has 1 aromatic carbocycles. The highest BCUT2D eigenvalue weighted by Gasteiger charge is 2.13. The van der Waals surface area contributed by atoms with Crippen molar-refractivity contribution < 1.29 is 9.53 Å². The van der Waals surface area contributed by atoms with Crippen LogP contribution in [0.3, 0.4) is 0 Å². The SMILES string of the molecule is COc1ccc2c(c1)nnc1nnc(SCC(=O)NN)n12. The molecule has 9 nitrogen and oxygen atoms in total. The predicted molar refractivity (Wildman–Crippen MR) is 75.7 cm³/mol. The molecule has 0 radical (unpaired) electrons. The van der Waals surface area contributed by atoms with Crippen molar-refractivity contribution in [2.24, 2.45) is 5.84 Å². The average molecular weight is 305 g/mol. The summed E-state index contributed by atoms with van der Waals surface area (Å²) in [5, 5.41) is 16.6. The van der Waals surface area contributed by atoms with Gasteiger partial charge in [-0.3, -0.25) is 14.6 Å². The number of hydrogen-bond acceptors (Lipinski definition) is 8. The summed E-state index contributed by atoms with van der Waals surface area (Å²) in [4.78, 5) is 11.2. The van der Waals surface area contributed by atoms with E-state index in [0.717, 1.165) is 5.52 Å². The number of nitrogens with zero attached hydrogens (tertiary/aromatic N) is 5. The summed E-state index contributed by atoms with van der Waals surface area (Å²) >= 11 is 1.21. The maximum atomic E-state index is 11.2. The van der Waals surface area contributed by atoms with Crippen LogP contribution in [0.25, 0.3) is 16.8 Å². The van der Waals surface area contributed by atoms with Gasteiger partial charge in [-0.25, -0.2) is 5.84 Å². The van der Waals surface area contributed by atoms with Crippen molar-refractivity contribution in [3.05, 3.63) is 18.2 Å². The summed E-state index contributed by atoms with van der Waals surface area (Å²) < 4.78 is 6.89. The molecule has 0 bridgehead atoms. The van der Waals surface area contributed by atoms with Gasteiger partial charge in [0, 0.05) is 6.07 Å². The maximum Gasteiger partial charge on any atom is 0.275 e. The number of hydrogen-bond donors (Lipinski definition) is 2. The lowest BCUT2D eigenvalue weighted by atomic mass is 10.3. The molecule has 0 aliphatic heterocycles. The van der Waals surface area contributed by atoms with Crippen molar-refractivity contribution in [1.29, 1.82) is 0 Å². The Morgan fingerprint density at radius 3 is 2.95 bits per heavy atom. The number of ether oxygens (including phenoxy) is 1. The van der Waals surface area contributed by atoms with Crippen LogP contribution in [0.2, 0.25) is 0 Å². The number of fused-ring (bicyclic) bond motifs is 3. The summed E-state index contributed by atoms with van der Waals surface area (Å²) in [6.07, 6.45) is 0. The van der Waals surface area contributed by atoms with E-state index in [1.807, 2.05) is 12.1 Å². The molecule has 108 valence electrons. The molecule has 0 saturated carbocycles. The van der Waals surface area contributed by atoms with Crippen molar-refractivity contribution in [3.63, 3.8) is 0 Å². The quantitative estimate of drug-likeness (QED) is 0.293. The van der Waals surface area contributed by atoms with Crippen LogP contribution >= 0.6 is 11.8 Å². The second-order valence-corrected chi connectivity index (χ2v) is 4.97. The van der Waals surface area contributed by atoms with Gasteiger partial charge in [0.05, 0.1) is 18.4 Å². The molecule has 10 heteroatoms. The van der Waals surface area contributed by atoms with Gasteiger partial charge in [-0.05, 0) is 12.1 Å². The fraction of sp³-hybridized carbons (Fsp3) is 0.182. The lowest BCUT2D eigenvalue weighted by molar-refractivity contribution is -0.118. The highest BCUT2D eigenvalue weighted by molar-refractivity contribution is 7.99. The van der Waals surface area contributed by atoms with Crippen molar-refractivity contribution in [1.82, 2.24) is 30.2 Å². The number of aromatic nitrogens is 5. The minimum atomic E-state index is -0.301. The Morgan fingerprint density at radius 1 is 1.38 bits per heavy atom. The minimum absolute atomic E-state index is 0.136. The van der Waals surface area contributed by atoms with E-state index in [9.17, 15) is 4.79 Å². The largest absolute Gasteiger partial charge is 0.497 e. The van der Waals surface area contributed by atoms with Crippen LogP contribution in [0.5, 0.6) is 5.75 Å². The highest BCUT2D eigenvalue weighted by atomic mass is 32.2. The van der Waals surface area contributed by atoms with Crippen LogP contribution in [0, 0.1) is 0 Å². The Labute approximate surface area is 122 Å². The molecule has 0 fully saturated rings. The molecule has 1 amide bonds. The van der Waals surface area contributed by atoms with Crippen molar-refractivity contribution in [3.8, 4) is 5.75 Å². The zero-order valence-corrected chi connectivity index (χ0v) is 11.8. The summed E-state index contributed by atoms with van der Waals surface area (Å²) in [6.45, 7) is 0. The molecular weight excluding hydrogens is 294 g/mol. The first kappa shape index (κ1) is 13.5. The zero-order chi connectivity index (χ0) is 14.8. The molecule has 2 aromatic heterocycles. The fourth-order valence-corrected chi connectivity index (χ4v) is 2.55. The topological polar surface area (TPSA) is 120 Å². The predicted octanol–water partition coefficient (Wildman–Crippen LogP) is -0.237. The number of amides is 1. The van der Waals surface area contributed by atoms with E-state index in [1.54, 1.807) is 17.6 Å². The van der Waals surface area contributed by atoms with Crippen LogP contribution in [0.4, 0.5) is 0 Å². The molecular formula is C11H11N7O2S. The van der Waals surface area contributed by atoms with E-state index in [-0.39, 0.29) is 11.7 Å². The maximum absolute atomic E-state index is 11.2. The molecule has 21 heavy (non-hydrogen) atoms. The van der Waals surface area contributed by atoms with Gasteiger partial charge >= 0.3 is 0 Å². The molecule has 3 N–H and O–H groups in total. The third-order valence-electron chi connectivity index (χ3n) is 2.78. The molecule has 0 unspecified atom stereocenters. The lowest BCUT2D eigenvalue weighted by Crippen LogP contribution is -2.31. The van der Waals surface area contributed by atoms with Gasteiger partial charge in [0.15, 0.2) is 5.16 Å². The van der Waals surface area contributed by atoms with Crippen molar-refractivity contribution >= 4 is 34.5 Å². The van der Waals surface area contributed by atoms with Gasteiger partial charge in [-0.2, -0.15) is 0 Å². The first-order valence-corrected chi connectivity index (χ1v) is 6.89. The van der Waals surface area contributed by atoms with Gasteiger partial charge in [0.25, 0.3) is 5.78 Å². The first-order chi connectivity index (χ1) is 10.2. The van der Waals surface area contributed by atoms with Gasteiger partial charge in [-0.1, -0.05) is 11.8 Å². The number of rotatable bonds is 4. The molecule has 0 saturated heterocycles. The fourth-order valence-electron chi connectivity index (χ4n) is 1.80. The smallest absolute Gasteiger partial charge is 0.275 e. The number of carbonyl (C=O) groups is 1. The Morgan fingerprint density at radius 2 is 2.19 bits per heavy atom. The van der Waals surface area contributed by atoms with Gasteiger partial charge in [0.2, 0.25) is 5.91 Å². The molecule has 3 rings (SSSR count). The van der Waals surface area contributed by atoms with Crippen LogP contribution in [-0.4, -0.2) is 43.6 Å². The molecule has 3 aromatic rings. The number of carbonyl (C=O) groups excluding carboxylic acids is 1. The molecule has 0 aliphatic carbocycles. The van der Waals surface area contributed by atoms with Crippen molar-refractivity contribution in [2.75, 3.05) is 12.9 Å². The number of benzene rings is 1. The highest BCUT2D eigenvalue weighted by Crippen LogP contribution is 2.23. The number of hydrazine groups is 1. The molecule has 0 spiro atoms. The summed E-state index contributed by atoms with van der Waals surface area (Å²) in [5.41, 5.74) is 3.49. The van der Waals surface area contributed by atoms with Gasteiger partial charge in [0.1, 0.15) is 11.3 Å². The van der Waals surface area contributed by atoms with Crippen LogP contribution in [0.1, 0.15) is 0 Å². The number of nitrogens with one attached hydrogen (secondary N) is 1. The van der Waals surface area contributed by atoms with Gasteiger partial charge in [-0.15, -0.1) is 20.4 Å². The standard InChI is InChI=1S/C11H11N7O2S/c1-20-6-2-3-8-7(4-6)14-15-10-16-17-11(18(8)10)21-5-9(19)13-12/h2-4H,5,12H2,1H3,(H,13,19). The summed E-state index contributed by atoms with van der Waals surface area (Å²) in [6, 6.07) is 5.42. The summed E-state index contributed by atoms with van der Waals surface area (Å²) in [7, 11) is 1.58. The van der Waals surface area contributed by atoms with Crippen LogP contribution < -0.4 is 16.0 Å².